The van der Waals surface area contributed by atoms with Gasteiger partial charge >= 0.3 is 12.1 Å². The van der Waals surface area contributed by atoms with Gasteiger partial charge in [-0.2, -0.15) is 0 Å². The van der Waals surface area contributed by atoms with Gasteiger partial charge in [-0.15, -0.1) is 0 Å². The van der Waals surface area contributed by atoms with E-state index in [0.29, 0.717) is 0 Å². The number of phenolic OH excluding ortho intramolecular Hbond substituents is 1. The Hall–Kier alpha value is -3.09. The number of aromatic hydroxyl groups is 1. The van der Waals surface area contributed by atoms with Crippen LogP contribution in [-0.2, 0) is 16.1 Å². The molecule has 0 aliphatic rings. The predicted octanol–water partition coefficient (Wildman–Crippen LogP) is 2.93. The topological polar surface area (TPSA) is 87.1 Å². The lowest BCUT2D eigenvalue weighted by Gasteiger charge is -2.24. The Kier molecular flexibility index (Phi) is 5.36. The van der Waals surface area contributed by atoms with E-state index in [-0.39, 0.29) is 12.2 Å². The summed E-state index contributed by atoms with van der Waals surface area (Å²) in [6.07, 6.45) is -0.861. The number of carboxylic acids is 1. The summed E-state index contributed by atoms with van der Waals surface area (Å²) in [6, 6.07) is 10.6. The molecule has 126 valence electrons. The quantitative estimate of drug-likeness (QED) is 0.878. The van der Waals surface area contributed by atoms with Gasteiger partial charge in [0.2, 0.25) is 0 Å². The smallest absolute Gasteiger partial charge is 0.410 e. The number of nitrogens with zero attached hydrogens (tertiary/aromatic N) is 1. The van der Waals surface area contributed by atoms with Crippen LogP contribution in [0.15, 0.2) is 48.5 Å². The van der Waals surface area contributed by atoms with E-state index >= 15 is 0 Å². The zero-order valence-corrected chi connectivity index (χ0v) is 12.8. The summed E-state index contributed by atoms with van der Waals surface area (Å²) in [5, 5.41) is 18.6. The fraction of sp³-hybridized carbons (Fsp3) is 0.176. The maximum atomic E-state index is 13.5. The first-order valence-corrected chi connectivity index (χ1v) is 7.05. The number of benzene rings is 2. The molecule has 0 saturated heterocycles. The number of ether oxygens (including phenoxy) is 1. The lowest BCUT2D eigenvalue weighted by atomic mass is 10.1. The van der Waals surface area contributed by atoms with Crippen molar-refractivity contribution in [3.8, 4) is 5.75 Å². The van der Waals surface area contributed by atoms with Gasteiger partial charge < -0.3 is 14.9 Å². The molecule has 2 aromatic carbocycles. The van der Waals surface area contributed by atoms with Gasteiger partial charge in [0.05, 0.1) is 0 Å². The number of hydrogen-bond donors (Lipinski definition) is 2. The van der Waals surface area contributed by atoms with Crippen molar-refractivity contribution in [1.82, 2.24) is 4.90 Å². The number of carboxylic acid groups (broad SMARTS) is 1. The molecule has 1 amide bonds. The first kappa shape index (κ1) is 17.3. The molecule has 2 rings (SSSR count). The Morgan fingerprint density at radius 1 is 1.21 bits per heavy atom. The number of likely N-dealkylation sites (N-methyl/N-ethyl adjacent to an activating group) is 1. The van der Waals surface area contributed by atoms with Crippen molar-refractivity contribution in [3.63, 3.8) is 0 Å². The number of carbonyl (C=O) groups is 2. The molecular weight excluding hydrogens is 317 g/mol. The van der Waals surface area contributed by atoms with Gasteiger partial charge in [-0.3, -0.25) is 4.90 Å². The van der Waals surface area contributed by atoms with Crippen LogP contribution in [0.3, 0.4) is 0 Å². The second kappa shape index (κ2) is 7.45. The first-order chi connectivity index (χ1) is 11.4. The van der Waals surface area contributed by atoms with Gasteiger partial charge in [0, 0.05) is 7.05 Å². The molecular formula is C17H16FNO5. The summed E-state index contributed by atoms with van der Waals surface area (Å²) < 4.78 is 18.5. The molecule has 0 aromatic heterocycles. The van der Waals surface area contributed by atoms with Crippen LogP contribution in [-0.4, -0.2) is 34.2 Å². The summed E-state index contributed by atoms with van der Waals surface area (Å²) in [7, 11) is 1.25. The summed E-state index contributed by atoms with van der Waals surface area (Å²) in [5.41, 5.74) is 0.763. The summed E-state index contributed by atoms with van der Waals surface area (Å²) in [5.74, 6) is -2.92. The molecule has 0 saturated carbocycles. The molecule has 1 unspecified atom stereocenters. The molecule has 0 aliphatic heterocycles. The van der Waals surface area contributed by atoms with E-state index in [1.54, 1.807) is 24.3 Å². The van der Waals surface area contributed by atoms with Gasteiger partial charge in [-0.1, -0.05) is 36.4 Å². The van der Waals surface area contributed by atoms with Crippen molar-refractivity contribution in [2.75, 3.05) is 7.05 Å². The maximum Gasteiger partial charge on any atom is 0.410 e. The largest absolute Gasteiger partial charge is 0.505 e. The lowest BCUT2D eigenvalue weighted by molar-refractivity contribution is -0.142. The van der Waals surface area contributed by atoms with Crippen molar-refractivity contribution in [3.05, 3.63) is 65.5 Å². The Morgan fingerprint density at radius 3 is 2.46 bits per heavy atom. The zero-order valence-electron chi connectivity index (χ0n) is 12.8. The van der Waals surface area contributed by atoms with Crippen molar-refractivity contribution in [2.24, 2.45) is 0 Å². The van der Waals surface area contributed by atoms with Crippen LogP contribution in [0, 0.1) is 5.82 Å². The molecule has 0 heterocycles. The minimum atomic E-state index is -1.44. The van der Waals surface area contributed by atoms with Crippen molar-refractivity contribution in [2.45, 2.75) is 12.6 Å². The third-order valence-electron chi connectivity index (χ3n) is 3.40. The number of rotatable bonds is 5. The van der Waals surface area contributed by atoms with E-state index < -0.39 is 29.7 Å². The zero-order chi connectivity index (χ0) is 17.7. The van der Waals surface area contributed by atoms with Gasteiger partial charge in [0.1, 0.15) is 6.61 Å². The Bertz CT molecular complexity index is 735. The number of phenols is 1. The molecule has 7 heteroatoms. The van der Waals surface area contributed by atoms with Crippen molar-refractivity contribution < 1.29 is 28.9 Å². The van der Waals surface area contributed by atoms with Gasteiger partial charge in [-0.25, -0.2) is 14.0 Å². The molecule has 2 N–H and O–H groups in total. The predicted molar refractivity (Wildman–Crippen MR) is 82.8 cm³/mol. The van der Waals surface area contributed by atoms with Gasteiger partial charge in [-0.05, 0) is 23.3 Å². The number of amides is 1. The van der Waals surface area contributed by atoms with Crippen LogP contribution in [0.2, 0.25) is 0 Å². The van der Waals surface area contributed by atoms with E-state index in [2.05, 4.69) is 0 Å². The van der Waals surface area contributed by atoms with Crippen LogP contribution in [0.1, 0.15) is 17.2 Å². The highest BCUT2D eigenvalue weighted by Crippen LogP contribution is 2.25. The lowest BCUT2D eigenvalue weighted by Crippen LogP contribution is -2.36. The molecule has 2 aromatic rings. The van der Waals surface area contributed by atoms with Crippen LogP contribution >= 0.6 is 0 Å². The number of carbonyl (C=O) groups excluding carboxylic acids is 1. The first-order valence-electron chi connectivity index (χ1n) is 7.05. The van der Waals surface area contributed by atoms with Crippen LogP contribution in [0.4, 0.5) is 9.18 Å². The Balaban J connectivity index is 2.13. The van der Waals surface area contributed by atoms with E-state index in [1.807, 2.05) is 6.07 Å². The van der Waals surface area contributed by atoms with Gasteiger partial charge in [0.25, 0.3) is 0 Å². The Labute approximate surface area is 137 Å². The SMILES string of the molecule is CN(C(=O)OCc1ccccc1)C(C(=O)O)c1ccc(O)c(F)c1. The second-order valence-corrected chi connectivity index (χ2v) is 5.10. The monoisotopic (exact) mass is 333 g/mol. The molecule has 0 fully saturated rings. The number of hydrogen-bond acceptors (Lipinski definition) is 4. The molecule has 24 heavy (non-hydrogen) atoms. The molecule has 1 atom stereocenters. The summed E-state index contributed by atoms with van der Waals surface area (Å²) in [4.78, 5) is 24.4. The fourth-order valence-electron chi connectivity index (χ4n) is 2.15. The van der Waals surface area contributed by atoms with Crippen molar-refractivity contribution in [1.29, 1.82) is 0 Å². The summed E-state index contributed by atoms with van der Waals surface area (Å²) in [6.45, 7) is -0.0136. The molecule has 0 radical (unpaired) electrons. The van der Waals surface area contributed by atoms with Crippen molar-refractivity contribution >= 4 is 12.1 Å². The number of halogens is 1. The molecule has 0 spiro atoms. The normalized spacial score (nSPS) is 11.6. The molecule has 0 aliphatic carbocycles. The number of aliphatic carboxylic acids is 1. The highest BCUT2D eigenvalue weighted by molar-refractivity contribution is 5.81. The van der Waals surface area contributed by atoms with Gasteiger partial charge in [0.15, 0.2) is 17.6 Å². The Morgan fingerprint density at radius 2 is 1.88 bits per heavy atom. The average molecular weight is 333 g/mol. The minimum absolute atomic E-state index is 0.0111. The standard InChI is InChI=1S/C17H16FNO5/c1-19(17(23)24-10-11-5-3-2-4-6-11)15(16(21)22)12-7-8-14(20)13(18)9-12/h2-9,15,20H,10H2,1H3,(H,21,22). The van der Waals surface area contributed by atoms with E-state index in [9.17, 15) is 24.2 Å². The van der Waals surface area contributed by atoms with E-state index in [1.165, 1.54) is 13.1 Å². The highest BCUT2D eigenvalue weighted by Gasteiger charge is 2.30. The van der Waals surface area contributed by atoms with Crippen LogP contribution in [0.5, 0.6) is 5.75 Å². The third-order valence-corrected chi connectivity index (χ3v) is 3.40. The molecule has 6 nitrogen and oxygen atoms in total. The van der Waals surface area contributed by atoms with Crippen LogP contribution < -0.4 is 0 Å². The van der Waals surface area contributed by atoms with E-state index in [0.717, 1.165) is 22.6 Å². The maximum absolute atomic E-state index is 13.5. The molecule has 0 bridgehead atoms. The third kappa shape index (κ3) is 4.01. The highest BCUT2D eigenvalue weighted by atomic mass is 19.1. The summed E-state index contributed by atoms with van der Waals surface area (Å²) >= 11 is 0. The minimum Gasteiger partial charge on any atom is -0.505 e. The van der Waals surface area contributed by atoms with Crippen LogP contribution in [0.25, 0.3) is 0 Å². The fourth-order valence-corrected chi connectivity index (χ4v) is 2.15. The van der Waals surface area contributed by atoms with E-state index in [4.69, 9.17) is 4.74 Å². The second-order valence-electron chi connectivity index (χ2n) is 5.10. The average Bonchev–Trinajstić information content (AvgIpc) is 2.56.